The summed E-state index contributed by atoms with van der Waals surface area (Å²) >= 11 is 2.12. The van der Waals surface area contributed by atoms with Crippen LogP contribution in [0.15, 0.2) is 24.3 Å². The van der Waals surface area contributed by atoms with Crippen LogP contribution < -0.4 is 0 Å². The van der Waals surface area contributed by atoms with Gasteiger partial charge in [-0.1, -0.05) is 12.1 Å². The molecule has 1 rings (SSSR count). The molecule has 0 bridgehead atoms. The number of methoxy groups -OCH3 is 1. The van der Waals surface area contributed by atoms with Gasteiger partial charge in [-0.15, -0.1) is 0 Å². The largest absolute Gasteiger partial charge is 0.467 e. The zero-order chi connectivity index (χ0) is 11.4. The number of rotatable bonds is 3. The summed E-state index contributed by atoms with van der Waals surface area (Å²) in [6, 6.07) is 6.86. The quantitative estimate of drug-likeness (QED) is 0.640. The van der Waals surface area contributed by atoms with Gasteiger partial charge in [0.25, 0.3) is 0 Å². The molecule has 82 valence electrons. The smallest absolute Gasteiger partial charge is 0.337 e. The topological polar surface area (TPSA) is 66.8 Å². The fraction of sp³-hybridized carbons (Fsp3) is 0.300. The van der Waals surface area contributed by atoms with Crippen molar-refractivity contribution >= 4 is 28.6 Å². The molecule has 0 saturated heterocycles. The van der Waals surface area contributed by atoms with Gasteiger partial charge in [0, 0.05) is 3.57 Å². The molecule has 0 fully saturated rings. The maximum absolute atomic E-state index is 11.0. The third-order valence-electron chi connectivity index (χ3n) is 1.95. The Bertz CT molecular complexity index is 336. The van der Waals surface area contributed by atoms with Gasteiger partial charge in [0.05, 0.1) is 7.11 Å². The average molecular weight is 322 g/mol. The Morgan fingerprint density at radius 2 is 1.87 bits per heavy atom. The van der Waals surface area contributed by atoms with Gasteiger partial charge < -0.3 is 14.9 Å². The van der Waals surface area contributed by atoms with Crippen LogP contribution in [0.4, 0.5) is 0 Å². The predicted octanol–water partition coefficient (Wildman–Crippen LogP) is 0.859. The maximum atomic E-state index is 11.0. The molecule has 2 atom stereocenters. The first-order valence-corrected chi connectivity index (χ1v) is 5.33. The molecule has 15 heavy (non-hydrogen) atoms. The zero-order valence-corrected chi connectivity index (χ0v) is 10.2. The Labute approximate surface area is 101 Å². The highest BCUT2D eigenvalue weighted by Gasteiger charge is 2.26. The van der Waals surface area contributed by atoms with E-state index in [1.807, 2.05) is 0 Å². The molecular formula is C10H11IO4. The number of benzene rings is 1. The molecule has 0 aliphatic rings. The van der Waals surface area contributed by atoms with Gasteiger partial charge in [0.2, 0.25) is 0 Å². The highest BCUT2D eigenvalue weighted by atomic mass is 127. The summed E-state index contributed by atoms with van der Waals surface area (Å²) in [5.74, 6) is -0.846. The van der Waals surface area contributed by atoms with Crippen molar-refractivity contribution in [3.05, 3.63) is 33.4 Å². The lowest BCUT2D eigenvalue weighted by atomic mass is 10.0. The van der Waals surface area contributed by atoms with E-state index in [4.69, 9.17) is 0 Å². The van der Waals surface area contributed by atoms with Gasteiger partial charge in [0.1, 0.15) is 6.10 Å². The van der Waals surface area contributed by atoms with Crippen LogP contribution >= 0.6 is 22.6 Å². The summed E-state index contributed by atoms with van der Waals surface area (Å²) in [7, 11) is 1.16. The SMILES string of the molecule is COC(=O)C(O)C(O)c1ccc(I)cc1. The standard InChI is InChI=1S/C10H11IO4/c1-15-10(14)9(13)8(12)6-2-4-7(11)5-3-6/h2-5,8-9,12-13H,1H3. The van der Waals surface area contributed by atoms with E-state index in [0.717, 1.165) is 10.7 Å². The minimum atomic E-state index is -1.55. The van der Waals surface area contributed by atoms with Crippen molar-refractivity contribution in [3.8, 4) is 0 Å². The minimum absolute atomic E-state index is 0.480. The predicted molar refractivity (Wildman–Crippen MR) is 62.1 cm³/mol. The van der Waals surface area contributed by atoms with E-state index in [1.165, 1.54) is 0 Å². The second-order valence-electron chi connectivity index (χ2n) is 2.96. The molecule has 2 N–H and O–H groups in total. The lowest BCUT2D eigenvalue weighted by Gasteiger charge is -2.15. The molecule has 0 radical (unpaired) electrons. The molecule has 1 aromatic rings. The molecular weight excluding hydrogens is 311 g/mol. The van der Waals surface area contributed by atoms with Gasteiger partial charge in [-0.25, -0.2) is 4.79 Å². The second-order valence-corrected chi connectivity index (χ2v) is 4.21. The van der Waals surface area contributed by atoms with Gasteiger partial charge in [-0.05, 0) is 40.3 Å². The Morgan fingerprint density at radius 3 is 2.33 bits per heavy atom. The van der Waals surface area contributed by atoms with Gasteiger partial charge in [-0.3, -0.25) is 0 Å². The van der Waals surface area contributed by atoms with Gasteiger partial charge >= 0.3 is 5.97 Å². The lowest BCUT2D eigenvalue weighted by molar-refractivity contribution is -0.156. The van der Waals surface area contributed by atoms with Crippen molar-refractivity contribution < 1.29 is 19.7 Å². The minimum Gasteiger partial charge on any atom is -0.467 e. The molecule has 2 unspecified atom stereocenters. The number of carbonyl (C=O) groups excluding carboxylic acids is 1. The first-order chi connectivity index (χ1) is 7.06. The fourth-order valence-corrected chi connectivity index (χ4v) is 1.45. The van der Waals surface area contributed by atoms with E-state index >= 15 is 0 Å². The summed E-state index contributed by atoms with van der Waals surface area (Å²) in [5, 5.41) is 19.0. The molecule has 0 aromatic heterocycles. The maximum Gasteiger partial charge on any atom is 0.337 e. The van der Waals surface area contributed by atoms with Crippen molar-refractivity contribution in [2.24, 2.45) is 0 Å². The Hall–Kier alpha value is -0.660. The van der Waals surface area contributed by atoms with Crippen LogP contribution in [0.3, 0.4) is 0 Å². The molecule has 0 spiro atoms. The highest BCUT2D eigenvalue weighted by molar-refractivity contribution is 14.1. The van der Waals surface area contributed by atoms with E-state index in [0.29, 0.717) is 5.56 Å². The van der Waals surface area contributed by atoms with Crippen molar-refractivity contribution in [3.63, 3.8) is 0 Å². The Balaban J connectivity index is 2.80. The van der Waals surface area contributed by atoms with E-state index in [9.17, 15) is 15.0 Å². The Morgan fingerprint density at radius 1 is 1.33 bits per heavy atom. The summed E-state index contributed by atoms with van der Waals surface area (Å²) in [6.45, 7) is 0. The number of hydrogen-bond acceptors (Lipinski definition) is 4. The lowest BCUT2D eigenvalue weighted by Crippen LogP contribution is -2.28. The van der Waals surface area contributed by atoms with E-state index in [-0.39, 0.29) is 0 Å². The van der Waals surface area contributed by atoms with Crippen molar-refractivity contribution in [2.75, 3.05) is 7.11 Å². The van der Waals surface area contributed by atoms with Crippen LogP contribution in [0, 0.1) is 3.57 Å². The zero-order valence-electron chi connectivity index (χ0n) is 8.05. The molecule has 0 heterocycles. The van der Waals surface area contributed by atoms with Gasteiger partial charge in [-0.2, -0.15) is 0 Å². The van der Waals surface area contributed by atoms with Crippen LogP contribution in [-0.4, -0.2) is 29.4 Å². The van der Waals surface area contributed by atoms with Crippen LogP contribution in [0.1, 0.15) is 11.7 Å². The highest BCUT2D eigenvalue weighted by Crippen LogP contribution is 2.18. The molecule has 0 amide bonds. The van der Waals surface area contributed by atoms with Gasteiger partial charge in [0.15, 0.2) is 6.10 Å². The summed E-state index contributed by atoms with van der Waals surface area (Å²) in [5.41, 5.74) is 0.480. The number of halogens is 1. The molecule has 0 aliphatic carbocycles. The second kappa shape index (κ2) is 5.43. The number of hydrogen-bond donors (Lipinski definition) is 2. The first-order valence-electron chi connectivity index (χ1n) is 4.25. The number of esters is 1. The van der Waals surface area contributed by atoms with Crippen LogP contribution in [-0.2, 0) is 9.53 Å². The fourth-order valence-electron chi connectivity index (χ4n) is 1.09. The number of carbonyl (C=O) groups is 1. The third kappa shape index (κ3) is 3.15. The van der Waals surface area contributed by atoms with Crippen LogP contribution in [0.5, 0.6) is 0 Å². The monoisotopic (exact) mass is 322 g/mol. The summed E-state index contributed by atoms with van der Waals surface area (Å²) < 4.78 is 5.34. The molecule has 0 saturated carbocycles. The average Bonchev–Trinajstić information content (AvgIpc) is 2.27. The molecule has 1 aromatic carbocycles. The van der Waals surface area contributed by atoms with E-state index < -0.39 is 18.2 Å². The first kappa shape index (κ1) is 12.4. The van der Waals surface area contributed by atoms with Crippen molar-refractivity contribution in [1.82, 2.24) is 0 Å². The molecule has 5 heteroatoms. The number of ether oxygens (including phenoxy) is 1. The Kier molecular flexibility index (Phi) is 4.49. The van der Waals surface area contributed by atoms with Crippen LogP contribution in [0.25, 0.3) is 0 Å². The van der Waals surface area contributed by atoms with Crippen molar-refractivity contribution in [2.45, 2.75) is 12.2 Å². The normalized spacial score (nSPS) is 14.4. The van der Waals surface area contributed by atoms with E-state index in [2.05, 4.69) is 27.3 Å². The molecule has 0 aliphatic heterocycles. The molecule has 4 nitrogen and oxygen atoms in total. The summed E-state index contributed by atoms with van der Waals surface area (Å²) in [4.78, 5) is 11.0. The number of aliphatic hydroxyl groups is 2. The number of aliphatic hydroxyl groups excluding tert-OH is 2. The third-order valence-corrected chi connectivity index (χ3v) is 2.67. The van der Waals surface area contributed by atoms with Crippen molar-refractivity contribution in [1.29, 1.82) is 0 Å². The summed E-state index contributed by atoms with van der Waals surface area (Å²) in [6.07, 6.45) is -2.80. The van der Waals surface area contributed by atoms with E-state index in [1.54, 1.807) is 24.3 Å². The van der Waals surface area contributed by atoms with Crippen LogP contribution in [0.2, 0.25) is 0 Å².